The number of thiophene rings is 1. The lowest BCUT2D eigenvalue weighted by Gasteiger charge is -2.17. The predicted octanol–water partition coefficient (Wildman–Crippen LogP) is 3.80. The van der Waals surface area contributed by atoms with Gasteiger partial charge in [-0.2, -0.15) is 0 Å². The first-order valence-corrected chi connectivity index (χ1v) is 9.86. The van der Waals surface area contributed by atoms with Crippen LogP contribution in [0.25, 0.3) is 0 Å². The molecule has 0 atom stereocenters. The maximum Gasteiger partial charge on any atom is 0.224 e. The smallest absolute Gasteiger partial charge is 0.224 e. The Morgan fingerprint density at radius 3 is 2.96 bits per heavy atom. The van der Waals surface area contributed by atoms with E-state index in [1.54, 1.807) is 0 Å². The SMILES string of the molecule is O=C(CCCOc1ccc2c(c1)CCC(=O)N2)NCCc1ccc(Cl)s1. The van der Waals surface area contributed by atoms with E-state index < -0.39 is 0 Å². The van der Waals surface area contributed by atoms with Gasteiger partial charge in [0.2, 0.25) is 11.8 Å². The molecule has 2 aromatic rings. The van der Waals surface area contributed by atoms with Gasteiger partial charge in [-0.15, -0.1) is 11.3 Å². The first-order chi connectivity index (χ1) is 12.6. The van der Waals surface area contributed by atoms with Crippen LogP contribution in [0.2, 0.25) is 4.34 Å². The standard InChI is InChI=1S/C19H21ClN2O3S/c20-17-7-5-15(26-17)9-10-21-18(23)2-1-11-25-14-4-6-16-13(12-14)3-8-19(24)22-16/h4-7,12H,1-3,8-11H2,(H,21,23)(H,22,24). The monoisotopic (exact) mass is 392 g/mol. The number of aryl methyl sites for hydroxylation is 1. The number of benzene rings is 1. The number of fused-ring (bicyclic) bond motifs is 1. The minimum Gasteiger partial charge on any atom is -0.494 e. The van der Waals surface area contributed by atoms with E-state index >= 15 is 0 Å². The summed E-state index contributed by atoms with van der Waals surface area (Å²) in [7, 11) is 0. The first-order valence-electron chi connectivity index (χ1n) is 8.66. The van der Waals surface area contributed by atoms with E-state index in [0.717, 1.165) is 34.2 Å². The van der Waals surface area contributed by atoms with Gasteiger partial charge in [-0.3, -0.25) is 9.59 Å². The number of carbonyl (C=O) groups is 2. The zero-order valence-corrected chi connectivity index (χ0v) is 15.9. The number of hydrogen-bond donors (Lipinski definition) is 2. The number of nitrogens with one attached hydrogen (secondary N) is 2. The van der Waals surface area contributed by atoms with Crippen LogP contribution in [0.3, 0.4) is 0 Å². The maximum atomic E-state index is 11.8. The Morgan fingerprint density at radius 2 is 2.15 bits per heavy atom. The molecular weight excluding hydrogens is 372 g/mol. The van der Waals surface area contributed by atoms with Gasteiger partial charge in [-0.25, -0.2) is 0 Å². The van der Waals surface area contributed by atoms with Crippen molar-refractivity contribution in [2.75, 3.05) is 18.5 Å². The molecule has 0 saturated carbocycles. The second-order valence-corrected chi connectivity index (χ2v) is 7.92. The minimum absolute atomic E-state index is 0.0319. The zero-order chi connectivity index (χ0) is 18.4. The summed E-state index contributed by atoms with van der Waals surface area (Å²) in [5.74, 6) is 0.860. The molecule has 0 radical (unpaired) electrons. The van der Waals surface area contributed by atoms with E-state index in [2.05, 4.69) is 10.6 Å². The summed E-state index contributed by atoms with van der Waals surface area (Å²) >= 11 is 7.42. The number of halogens is 1. The molecule has 0 unspecified atom stereocenters. The molecule has 0 bridgehead atoms. The average Bonchev–Trinajstić information content (AvgIpc) is 3.04. The lowest BCUT2D eigenvalue weighted by molar-refractivity contribution is -0.121. The van der Waals surface area contributed by atoms with E-state index in [-0.39, 0.29) is 11.8 Å². The van der Waals surface area contributed by atoms with Gasteiger partial charge in [0.1, 0.15) is 5.75 Å². The Hall–Kier alpha value is -2.05. The van der Waals surface area contributed by atoms with Gasteiger partial charge in [0.25, 0.3) is 0 Å². The molecular formula is C19H21ClN2O3S. The van der Waals surface area contributed by atoms with Crippen LogP contribution in [-0.4, -0.2) is 25.0 Å². The molecule has 1 aliphatic rings. The number of hydrogen-bond acceptors (Lipinski definition) is 4. The van der Waals surface area contributed by atoms with Crippen molar-refractivity contribution >= 4 is 40.4 Å². The number of rotatable bonds is 8. The Labute approximate surface area is 161 Å². The van der Waals surface area contributed by atoms with Gasteiger partial charge < -0.3 is 15.4 Å². The Balaban J connectivity index is 1.32. The van der Waals surface area contributed by atoms with Crippen LogP contribution in [0.1, 0.15) is 29.7 Å². The molecule has 7 heteroatoms. The molecule has 0 spiro atoms. The lowest BCUT2D eigenvalue weighted by Crippen LogP contribution is -2.25. The maximum absolute atomic E-state index is 11.8. The molecule has 1 aromatic carbocycles. The molecule has 0 fully saturated rings. The van der Waals surface area contributed by atoms with Crippen molar-refractivity contribution in [1.82, 2.24) is 5.32 Å². The Kier molecular flexibility index (Phi) is 6.52. The third-order valence-electron chi connectivity index (χ3n) is 4.11. The van der Waals surface area contributed by atoms with Gasteiger partial charge in [0.15, 0.2) is 0 Å². The number of carbonyl (C=O) groups excluding carboxylic acids is 2. The molecule has 26 heavy (non-hydrogen) atoms. The van der Waals surface area contributed by atoms with Crippen molar-refractivity contribution in [2.24, 2.45) is 0 Å². The van der Waals surface area contributed by atoms with Crippen LogP contribution < -0.4 is 15.4 Å². The molecule has 2 amide bonds. The highest BCUT2D eigenvalue weighted by Crippen LogP contribution is 2.26. The molecule has 2 heterocycles. The summed E-state index contributed by atoms with van der Waals surface area (Å²) < 4.78 is 6.49. The highest BCUT2D eigenvalue weighted by molar-refractivity contribution is 7.16. The van der Waals surface area contributed by atoms with E-state index in [0.29, 0.717) is 32.4 Å². The highest BCUT2D eigenvalue weighted by atomic mass is 35.5. The van der Waals surface area contributed by atoms with E-state index in [1.807, 2.05) is 30.3 Å². The van der Waals surface area contributed by atoms with Gasteiger partial charge in [-0.05, 0) is 55.2 Å². The van der Waals surface area contributed by atoms with Crippen LogP contribution >= 0.6 is 22.9 Å². The summed E-state index contributed by atoms with van der Waals surface area (Å²) in [4.78, 5) is 24.4. The second-order valence-electron chi connectivity index (χ2n) is 6.12. The number of anilines is 1. The predicted molar refractivity (Wildman–Crippen MR) is 104 cm³/mol. The van der Waals surface area contributed by atoms with Crippen LogP contribution in [0.15, 0.2) is 30.3 Å². The van der Waals surface area contributed by atoms with Crippen molar-refractivity contribution in [3.05, 3.63) is 45.1 Å². The third-order valence-corrected chi connectivity index (χ3v) is 5.40. The van der Waals surface area contributed by atoms with E-state index in [4.69, 9.17) is 16.3 Å². The molecule has 0 saturated heterocycles. The largest absolute Gasteiger partial charge is 0.494 e. The molecule has 1 aromatic heterocycles. The van der Waals surface area contributed by atoms with E-state index in [1.165, 1.54) is 16.2 Å². The quantitative estimate of drug-likeness (QED) is 0.671. The average molecular weight is 393 g/mol. The van der Waals surface area contributed by atoms with Crippen molar-refractivity contribution in [2.45, 2.75) is 32.1 Å². The molecule has 1 aliphatic heterocycles. The topological polar surface area (TPSA) is 67.4 Å². The fourth-order valence-corrected chi connectivity index (χ4v) is 3.86. The molecule has 3 rings (SSSR count). The van der Waals surface area contributed by atoms with Gasteiger partial charge in [-0.1, -0.05) is 11.6 Å². The van der Waals surface area contributed by atoms with Crippen LogP contribution in [0.5, 0.6) is 5.75 Å². The van der Waals surface area contributed by atoms with Crippen molar-refractivity contribution < 1.29 is 14.3 Å². The van der Waals surface area contributed by atoms with Gasteiger partial charge >= 0.3 is 0 Å². The number of amides is 2. The van der Waals surface area contributed by atoms with Crippen molar-refractivity contribution in [3.8, 4) is 5.75 Å². The van der Waals surface area contributed by atoms with Crippen molar-refractivity contribution in [3.63, 3.8) is 0 Å². The van der Waals surface area contributed by atoms with Gasteiger partial charge in [0.05, 0.1) is 10.9 Å². The van der Waals surface area contributed by atoms with E-state index in [9.17, 15) is 9.59 Å². The summed E-state index contributed by atoms with van der Waals surface area (Å²) in [5, 5.41) is 5.76. The molecule has 2 N–H and O–H groups in total. The number of ether oxygens (including phenoxy) is 1. The lowest BCUT2D eigenvalue weighted by atomic mass is 10.0. The van der Waals surface area contributed by atoms with Crippen LogP contribution in [-0.2, 0) is 22.4 Å². The van der Waals surface area contributed by atoms with Gasteiger partial charge in [0, 0.05) is 30.0 Å². The summed E-state index contributed by atoms with van der Waals surface area (Å²) in [6, 6.07) is 9.52. The minimum atomic E-state index is 0.0319. The fourth-order valence-electron chi connectivity index (χ4n) is 2.77. The molecule has 5 nitrogen and oxygen atoms in total. The summed E-state index contributed by atoms with van der Waals surface area (Å²) in [6.07, 6.45) is 3.13. The second kappa shape index (κ2) is 9.05. The Morgan fingerprint density at radius 1 is 1.27 bits per heavy atom. The third kappa shape index (κ3) is 5.47. The summed E-state index contributed by atoms with van der Waals surface area (Å²) in [6.45, 7) is 1.10. The fraction of sp³-hybridized carbons (Fsp3) is 0.368. The zero-order valence-electron chi connectivity index (χ0n) is 14.3. The molecule has 138 valence electrons. The first kappa shape index (κ1) is 18.7. The van der Waals surface area contributed by atoms with Crippen molar-refractivity contribution in [1.29, 1.82) is 0 Å². The van der Waals surface area contributed by atoms with Crippen LogP contribution in [0.4, 0.5) is 5.69 Å². The Bertz CT molecular complexity index is 791. The molecule has 0 aliphatic carbocycles. The normalized spacial score (nSPS) is 13.0. The van der Waals surface area contributed by atoms with Crippen LogP contribution in [0, 0.1) is 0 Å². The highest BCUT2D eigenvalue weighted by Gasteiger charge is 2.15. The summed E-state index contributed by atoms with van der Waals surface area (Å²) in [5.41, 5.74) is 1.95.